The molecule has 1 aliphatic heterocycles. The van der Waals surface area contributed by atoms with Gasteiger partial charge in [-0.25, -0.2) is 18.7 Å². The number of fused-ring (bicyclic) bond motifs is 1. The van der Waals surface area contributed by atoms with Crippen molar-refractivity contribution in [1.82, 2.24) is 34.1 Å². The number of amides is 1. The van der Waals surface area contributed by atoms with Crippen LogP contribution in [0.2, 0.25) is 0 Å². The van der Waals surface area contributed by atoms with Crippen LogP contribution in [0.5, 0.6) is 0 Å². The summed E-state index contributed by atoms with van der Waals surface area (Å²) in [5.41, 5.74) is 2.46. The Labute approximate surface area is 304 Å². The first-order valence-corrected chi connectivity index (χ1v) is 19.2. The van der Waals surface area contributed by atoms with Crippen molar-refractivity contribution >= 4 is 16.9 Å². The van der Waals surface area contributed by atoms with E-state index in [1.165, 1.54) is 46.4 Å². The van der Waals surface area contributed by atoms with Gasteiger partial charge in [0.15, 0.2) is 5.65 Å². The smallest absolute Gasteiger partial charge is 0.337 e. The quantitative estimate of drug-likeness (QED) is 0.259. The Morgan fingerprint density at radius 2 is 1.60 bits per heavy atom. The molecule has 0 spiro atoms. The number of rotatable bonds is 9. The summed E-state index contributed by atoms with van der Waals surface area (Å²) in [4.78, 5) is 52.7. The molecule has 0 radical (unpaired) electrons. The van der Waals surface area contributed by atoms with Crippen LogP contribution in [0.4, 0.5) is 4.39 Å². The monoisotopic (exact) mass is 707 g/mol. The van der Waals surface area contributed by atoms with Crippen LogP contribution in [0.25, 0.3) is 27.8 Å². The average Bonchev–Trinajstić information content (AvgIpc) is 3.81. The lowest BCUT2D eigenvalue weighted by atomic mass is 9.90. The molecule has 3 aliphatic carbocycles. The molecule has 4 aliphatic rings. The number of piperazine rings is 1. The van der Waals surface area contributed by atoms with E-state index in [0.29, 0.717) is 31.4 Å². The Bertz CT molecular complexity index is 2050. The summed E-state index contributed by atoms with van der Waals surface area (Å²) in [6.45, 7) is 5.41. The summed E-state index contributed by atoms with van der Waals surface area (Å²) >= 11 is 0. The summed E-state index contributed by atoms with van der Waals surface area (Å²) in [5.74, 6) is -0.581. The van der Waals surface area contributed by atoms with Crippen LogP contribution in [0, 0.1) is 5.82 Å². The summed E-state index contributed by atoms with van der Waals surface area (Å²) in [6.07, 6.45) is 10.6. The standard InChI is InChI=1S/C41H50FN7O3/c1-45(2)41(18-19-41)39(51)44-32-14-16-34(17-15-32)49-38(50)36-25-31(42)26-43-37(36)48(40(49)52)35-9-5-6-30(24-35)29-12-10-28(11-13-29)27-46-20-22-47(23-21-46)33-7-3-4-8-33/h5-6,9-13,24-26,32-34H,3-4,7-8,14-23,27H2,1-2H3,(H,44,51)/t32-,34+. The number of benzene rings is 2. The van der Waals surface area contributed by atoms with Crippen molar-refractivity contribution in [3.8, 4) is 16.8 Å². The van der Waals surface area contributed by atoms with Gasteiger partial charge in [-0.1, -0.05) is 49.2 Å². The van der Waals surface area contributed by atoms with Crippen molar-refractivity contribution in [3.05, 3.63) is 93.0 Å². The molecule has 10 nitrogen and oxygen atoms in total. The highest BCUT2D eigenvalue weighted by Gasteiger charge is 2.52. The predicted octanol–water partition coefficient (Wildman–Crippen LogP) is 5.11. The maximum Gasteiger partial charge on any atom is 0.337 e. The van der Waals surface area contributed by atoms with Crippen molar-refractivity contribution < 1.29 is 9.18 Å². The predicted molar refractivity (Wildman–Crippen MR) is 201 cm³/mol. The first-order valence-electron chi connectivity index (χ1n) is 19.2. The van der Waals surface area contributed by atoms with Crippen LogP contribution < -0.4 is 16.6 Å². The number of nitrogens with one attached hydrogen (secondary N) is 1. The second-order valence-corrected chi connectivity index (χ2v) is 15.7. The number of carbonyl (C=O) groups is 1. The van der Waals surface area contributed by atoms with Gasteiger partial charge in [0, 0.05) is 50.8 Å². The Kier molecular flexibility index (Phi) is 9.61. The van der Waals surface area contributed by atoms with E-state index >= 15 is 0 Å². The van der Waals surface area contributed by atoms with Gasteiger partial charge in [0.2, 0.25) is 5.91 Å². The molecule has 0 unspecified atom stereocenters. The lowest BCUT2D eigenvalue weighted by Gasteiger charge is -2.38. The molecule has 52 heavy (non-hydrogen) atoms. The molecule has 2 aromatic heterocycles. The van der Waals surface area contributed by atoms with Crippen molar-refractivity contribution in [2.75, 3.05) is 40.3 Å². The van der Waals surface area contributed by atoms with Gasteiger partial charge in [-0.05, 0) is 100 Å². The van der Waals surface area contributed by atoms with E-state index in [2.05, 4.69) is 44.4 Å². The largest absolute Gasteiger partial charge is 0.352 e. The summed E-state index contributed by atoms with van der Waals surface area (Å²) in [6, 6.07) is 17.8. The van der Waals surface area contributed by atoms with Gasteiger partial charge in [0.05, 0.1) is 22.8 Å². The van der Waals surface area contributed by atoms with Crippen molar-refractivity contribution in [1.29, 1.82) is 0 Å². The number of nitrogens with zero attached hydrogens (tertiary/aromatic N) is 6. The zero-order valence-electron chi connectivity index (χ0n) is 30.4. The van der Waals surface area contributed by atoms with Crippen LogP contribution in [0.15, 0.2) is 70.4 Å². The van der Waals surface area contributed by atoms with Gasteiger partial charge in [0.25, 0.3) is 5.56 Å². The Hall–Kier alpha value is -4.19. The van der Waals surface area contributed by atoms with E-state index < -0.39 is 22.6 Å². The van der Waals surface area contributed by atoms with Crippen LogP contribution in [-0.4, -0.2) is 92.6 Å². The van der Waals surface area contributed by atoms with Gasteiger partial charge >= 0.3 is 5.69 Å². The molecular weight excluding hydrogens is 657 g/mol. The molecule has 8 rings (SSSR count). The highest BCUT2D eigenvalue weighted by atomic mass is 19.1. The van der Waals surface area contributed by atoms with E-state index in [4.69, 9.17) is 0 Å². The maximum atomic E-state index is 14.6. The fourth-order valence-electron chi connectivity index (χ4n) is 8.97. The molecule has 274 valence electrons. The van der Waals surface area contributed by atoms with Gasteiger partial charge in [-0.15, -0.1) is 0 Å². The molecule has 0 bridgehead atoms. The van der Waals surface area contributed by atoms with Crippen LogP contribution in [0.1, 0.15) is 75.8 Å². The molecule has 3 saturated carbocycles. The fraction of sp³-hybridized carbons (Fsp3) is 0.512. The van der Waals surface area contributed by atoms with E-state index in [-0.39, 0.29) is 29.0 Å². The SMILES string of the molecule is CN(C)C1(C(=O)N[C@H]2CC[C@@H](n3c(=O)c4cc(F)cnc4n(-c4cccc(-c5ccc(CN6CCN(C7CCCC7)CC6)cc5)c4)c3=O)CC2)CC1. The Balaban J connectivity index is 1.01. The third-order valence-corrected chi connectivity index (χ3v) is 12.3. The van der Waals surface area contributed by atoms with E-state index in [9.17, 15) is 18.8 Å². The van der Waals surface area contributed by atoms with E-state index in [1.807, 2.05) is 43.3 Å². The molecule has 0 atom stereocenters. The molecule has 1 amide bonds. The number of hydrogen-bond acceptors (Lipinski definition) is 7. The topological polar surface area (TPSA) is 95.7 Å². The Morgan fingerprint density at radius 1 is 0.885 bits per heavy atom. The van der Waals surface area contributed by atoms with Crippen LogP contribution in [-0.2, 0) is 11.3 Å². The zero-order chi connectivity index (χ0) is 36.0. The molecule has 1 N–H and O–H groups in total. The molecular formula is C41H50FN7O3. The van der Waals surface area contributed by atoms with Crippen molar-refractivity contribution in [3.63, 3.8) is 0 Å². The molecule has 1 saturated heterocycles. The molecule has 4 aromatic rings. The van der Waals surface area contributed by atoms with Gasteiger partial charge in [-0.3, -0.25) is 28.9 Å². The zero-order valence-corrected chi connectivity index (χ0v) is 30.4. The number of carbonyl (C=O) groups excluding carboxylic acids is 1. The lowest BCUT2D eigenvalue weighted by molar-refractivity contribution is -0.128. The minimum atomic E-state index is -0.632. The van der Waals surface area contributed by atoms with E-state index in [1.54, 1.807) is 0 Å². The third-order valence-electron chi connectivity index (χ3n) is 12.3. The number of likely N-dealkylation sites (N-methyl/N-ethyl adjacent to an activating group) is 1. The van der Waals surface area contributed by atoms with Crippen molar-refractivity contribution in [2.24, 2.45) is 0 Å². The second kappa shape index (κ2) is 14.3. The van der Waals surface area contributed by atoms with Gasteiger partial charge in [-0.2, -0.15) is 0 Å². The van der Waals surface area contributed by atoms with Gasteiger partial charge < -0.3 is 5.32 Å². The van der Waals surface area contributed by atoms with E-state index in [0.717, 1.165) is 68.9 Å². The second-order valence-electron chi connectivity index (χ2n) is 15.7. The number of hydrogen-bond donors (Lipinski definition) is 1. The molecule has 2 aromatic carbocycles. The molecule has 3 heterocycles. The minimum absolute atomic E-state index is 0.0199. The fourth-order valence-corrected chi connectivity index (χ4v) is 8.97. The number of pyridine rings is 1. The summed E-state index contributed by atoms with van der Waals surface area (Å²) in [5, 5.41) is 3.29. The highest BCUT2D eigenvalue weighted by Crippen LogP contribution is 2.41. The highest BCUT2D eigenvalue weighted by molar-refractivity contribution is 5.89. The number of halogens is 1. The first kappa shape index (κ1) is 34.9. The van der Waals surface area contributed by atoms with Crippen LogP contribution in [0.3, 0.4) is 0 Å². The maximum absolute atomic E-state index is 14.6. The molecule has 11 heteroatoms. The van der Waals surface area contributed by atoms with Crippen LogP contribution >= 0.6 is 0 Å². The summed E-state index contributed by atoms with van der Waals surface area (Å²) < 4.78 is 17.3. The van der Waals surface area contributed by atoms with Gasteiger partial charge in [0.1, 0.15) is 5.82 Å². The third kappa shape index (κ3) is 6.74. The first-order chi connectivity index (χ1) is 25.2. The lowest BCUT2D eigenvalue weighted by Crippen LogP contribution is -2.50. The Morgan fingerprint density at radius 3 is 2.27 bits per heavy atom. The normalized spacial score (nSPS) is 22.6. The summed E-state index contributed by atoms with van der Waals surface area (Å²) in [7, 11) is 3.87. The molecule has 4 fully saturated rings. The average molecular weight is 708 g/mol. The van der Waals surface area contributed by atoms with Crippen molar-refractivity contribution in [2.45, 2.75) is 94.4 Å². The number of aromatic nitrogens is 3. The minimum Gasteiger partial charge on any atom is -0.352 e.